The molecule has 112 valence electrons. The largest absolute Gasteiger partial charge is 0.497 e. The summed E-state index contributed by atoms with van der Waals surface area (Å²) in [7, 11) is 1.60. The molecule has 0 aliphatic heterocycles. The van der Waals surface area contributed by atoms with E-state index in [1.54, 1.807) is 37.6 Å². The lowest BCUT2D eigenvalue weighted by Crippen LogP contribution is -2.25. The van der Waals surface area contributed by atoms with E-state index in [1.807, 2.05) is 0 Å². The smallest absolute Gasteiger partial charge is 0.277 e. The highest BCUT2D eigenvalue weighted by Crippen LogP contribution is 2.17. The third kappa shape index (κ3) is 5.30. The van der Waals surface area contributed by atoms with Gasteiger partial charge in [-0.1, -0.05) is 12.2 Å². The van der Waals surface area contributed by atoms with Crippen LogP contribution < -0.4 is 14.9 Å². The zero-order chi connectivity index (χ0) is 14.9. The lowest BCUT2D eigenvalue weighted by atomic mass is 9.96. The van der Waals surface area contributed by atoms with Gasteiger partial charge in [-0.2, -0.15) is 5.10 Å². The number of nitrogens with zero attached hydrogens (tertiary/aromatic N) is 1. The van der Waals surface area contributed by atoms with Gasteiger partial charge in [0.25, 0.3) is 5.91 Å². The van der Waals surface area contributed by atoms with Crippen molar-refractivity contribution in [2.45, 2.75) is 19.3 Å². The van der Waals surface area contributed by atoms with Gasteiger partial charge in [0.05, 0.1) is 7.11 Å². The molecule has 1 N–H and O–H groups in total. The SMILES string of the molecule is COc1ccc(OCC(=O)NN=CC2CC=CCC2)cc1. The second-order valence-corrected chi connectivity index (χ2v) is 4.82. The summed E-state index contributed by atoms with van der Waals surface area (Å²) in [4.78, 5) is 11.6. The van der Waals surface area contributed by atoms with Crippen molar-refractivity contribution in [3.05, 3.63) is 36.4 Å². The second-order valence-electron chi connectivity index (χ2n) is 4.82. The molecular formula is C16H20N2O3. The normalized spacial score (nSPS) is 17.7. The molecule has 0 aromatic heterocycles. The van der Waals surface area contributed by atoms with Crippen LogP contribution in [0, 0.1) is 5.92 Å². The first-order chi connectivity index (χ1) is 10.3. The van der Waals surface area contributed by atoms with E-state index in [9.17, 15) is 4.79 Å². The fourth-order valence-electron chi connectivity index (χ4n) is 2.02. The zero-order valence-electron chi connectivity index (χ0n) is 12.1. The molecule has 1 amide bonds. The molecule has 0 fully saturated rings. The van der Waals surface area contributed by atoms with Crippen LogP contribution in [0.2, 0.25) is 0 Å². The molecule has 0 saturated heterocycles. The molecule has 0 bridgehead atoms. The van der Waals surface area contributed by atoms with Crippen LogP contribution in [0.5, 0.6) is 11.5 Å². The number of benzene rings is 1. The lowest BCUT2D eigenvalue weighted by Gasteiger charge is -2.11. The van der Waals surface area contributed by atoms with E-state index >= 15 is 0 Å². The first-order valence-corrected chi connectivity index (χ1v) is 7.02. The molecule has 0 radical (unpaired) electrons. The summed E-state index contributed by atoms with van der Waals surface area (Å²) in [5, 5.41) is 3.98. The van der Waals surface area contributed by atoms with E-state index in [1.165, 1.54) is 0 Å². The Bertz CT molecular complexity index is 509. The van der Waals surface area contributed by atoms with Gasteiger partial charge in [0.2, 0.25) is 0 Å². The fraction of sp³-hybridized carbons (Fsp3) is 0.375. The van der Waals surface area contributed by atoms with E-state index in [4.69, 9.17) is 9.47 Å². The molecule has 21 heavy (non-hydrogen) atoms. The van der Waals surface area contributed by atoms with Crippen LogP contribution in [-0.4, -0.2) is 25.8 Å². The number of ether oxygens (including phenoxy) is 2. The summed E-state index contributed by atoms with van der Waals surface area (Å²) < 4.78 is 10.4. The number of carbonyl (C=O) groups excluding carboxylic acids is 1. The minimum Gasteiger partial charge on any atom is -0.497 e. The first kappa shape index (κ1) is 15.1. The van der Waals surface area contributed by atoms with Gasteiger partial charge in [-0.3, -0.25) is 4.79 Å². The Morgan fingerprint density at radius 1 is 1.33 bits per heavy atom. The minimum absolute atomic E-state index is 0.0613. The predicted octanol–water partition coefficient (Wildman–Crippen LogP) is 2.53. The fourth-order valence-corrected chi connectivity index (χ4v) is 2.02. The number of nitrogens with one attached hydrogen (secondary N) is 1. The maximum Gasteiger partial charge on any atom is 0.277 e. The van der Waals surface area contributed by atoms with Crippen LogP contribution >= 0.6 is 0 Å². The standard InChI is InChI=1S/C16H20N2O3/c1-20-14-7-9-15(10-8-14)21-12-16(19)18-17-11-13-5-3-2-4-6-13/h2-3,7-11,13H,4-6,12H2,1H3,(H,18,19). The van der Waals surface area contributed by atoms with Crippen LogP contribution in [0.3, 0.4) is 0 Å². The lowest BCUT2D eigenvalue weighted by molar-refractivity contribution is -0.123. The van der Waals surface area contributed by atoms with E-state index in [0.717, 1.165) is 25.0 Å². The third-order valence-corrected chi connectivity index (χ3v) is 3.21. The van der Waals surface area contributed by atoms with Gasteiger partial charge in [-0.25, -0.2) is 5.43 Å². The van der Waals surface area contributed by atoms with E-state index in [0.29, 0.717) is 11.7 Å². The highest BCUT2D eigenvalue weighted by atomic mass is 16.5. The Labute approximate surface area is 124 Å². The summed E-state index contributed by atoms with van der Waals surface area (Å²) in [5.41, 5.74) is 2.48. The summed E-state index contributed by atoms with van der Waals surface area (Å²) in [6.45, 7) is -0.0613. The second kappa shape index (κ2) is 8.09. The Morgan fingerprint density at radius 3 is 2.76 bits per heavy atom. The minimum atomic E-state index is -0.270. The summed E-state index contributed by atoms with van der Waals surface area (Å²) in [6.07, 6.45) is 9.26. The Hall–Kier alpha value is -2.30. The van der Waals surface area contributed by atoms with Gasteiger partial charge < -0.3 is 9.47 Å². The van der Waals surface area contributed by atoms with Crippen LogP contribution in [0.4, 0.5) is 0 Å². The van der Waals surface area contributed by atoms with Crippen LogP contribution in [0.1, 0.15) is 19.3 Å². The van der Waals surface area contributed by atoms with Crippen molar-refractivity contribution in [3.63, 3.8) is 0 Å². The molecule has 2 rings (SSSR count). The Kier molecular flexibility index (Phi) is 5.82. The third-order valence-electron chi connectivity index (χ3n) is 3.21. The highest BCUT2D eigenvalue weighted by molar-refractivity contribution is 5.78. The number of hydrazone groups is 1. The molecule has 1 aromatic rings. The molecule has 5 heteroatoms. The van der Waals surface area contributed by atoms with Gasteiger partial charge in [-0.15, -0.1) is 0 Å². The molecule has 1 aliphatic carbocycles. The summed E-state index contributed by atoms with van der Waals surface area (Å²) in [6, 6.07) is 7.07. The van der Waals surface area contributed by atoms with Gasteiger partial charge >= 0.3 is 0 Å². The number of methoxy groups -OCH3 is 1. The first-order valence-electron chi connectivity index (χ1n) is 7.02. The van der Waals surface area contributed by atoms with E-state index < -0.39 is 0 Å². The van der Waals surface area contributed by atoms with Crippen LogP contribution in [0.25, 0.3) is 0 Å². The van der Waals surface area contributed by atoms with E-state index in [2.05, 4.69) is 22.7 Å². The van der Waals surface area contributed by atoms with Crippen molar-refractivity contribution in [2.24, 2.45) is 11.0 Å². The number of hydrogen-bond donors (Lipinski definition) is 1. The van der Waals surface area contributed by atoms with Crippen molar-refractivity contribution in [1.29, 1.82) is 0 Å². The van der Waals surface area contributed by atoms with Crippen LogP contribution in [-0.2, 0) is 4.79 Å². The molecule has 0 saturated carbocycles. The van der Waals surface area contributed by atoms with Crippen molar-refractivity contribution in [2.75, 3.05) is 13.7 Å². The van der Waals surface area contributed by atoms with Gasteiger partial charge in [0, 0.05) is 6.21 Å². The van der Waals surface area contributed by atoms with Crippen LogP contribution in [0.15, 0.2) is 41.5 Å². The van der Waals surface area contributed by atoms with Gasteiger partial charge in [-0.05, 0) is 49.4 Å². The average molecular weight is 288 g/mol. The van der Waals surface area contributed by atoms with Crippen molar-refractivity contribution in [1.82, 2.24) is 5.43 Å². The molecule has 0 heterocycles. The highest BCUT2D eigenvalue weighted by Gasteiger charge is 2.07. The molecular weight excluding hydrogens is 268 g/mol. The number of rotatable bonds is 6. The van der Waals surface area contributed by atoms with Crippen molar-refractivity contribution >= 4 is 12.1 Å². The maximum atomic E-state index is 11.6. The Balaban J connectivity index is 1.69. The van der Waals surface area contributed by atoms with Crippen molar-refractivity contribution < 1.29 is 14.3 Å². The molecule has 0 spiro atoms. The maximum absolute atomic E-state index is 11.6. The molecule has 1 unspecified atom stereocenters. The van der Waals surface area contributed by atoms with Gasteiger partial charge in [0.1, 0.15) is 11.5 Å². The number of allylic oxidation sites excluding steroid dienone is 2. The predicted molar refractivity (Wildman–Crippen MR) is 81.6 cm³/mol. The molecule has 1 atom stereocenters. The summed E-state index contributed by atoms with van der Waals surface area (Å²) in [5.74, 6) is 1.51. The van der Waals surface area contributed by atoms with E-state index in [-0.39, 0.29) is 12.5 Å². The quantitative estimate of drug-likeness (QED) is 0.497. The summed E-state index contributed by atoms with van der Waals surface area (Å²) >= 11 is 0. The Morgan fingerprint density at radius 2 is 2.10 bits per heavy atom. The topological polar surface area (TPSA) is 59.9 Å². The monoisotopic (exact) mass is 288 g/mol. The zero-order valence-corrected chi connectivity index (χ0v) is 12.1. The molecule has 1 aliphatic rings. The number of hydrogen-bond acceptors (Lipinski definition) is 4. The molecule has 5 nitrogen and oxygen atoms in total. The number of carbonyl (C=O) groups is 1. The van der Waals surface area contributed by atoms with Crippen molar-refractivity contribution in [3.8, 4) is 11.5 Å². The number of amides is 1. The average Bonchev–Trinajstić information content (AvgIpc) is 2.54. The molecule has 1 aromatic carbocycles. The van der Waals surface area contributed by atoms with Gasteiger partial charge in [0.15, 0.2) is 6.61 Å².